The highest BCUT2D eigenvalue weighted by atomic mass is 16.5. The Balaban J connectivity index is 4.08. The maximum absolute atomic E-state index is 5.44. The molecule has 0 spiro atoms. The van der Waals surface area contributed by atoms with Crippen molar-refractivity contribution in [3.63, 3.8) is 0 Å². The van der Waals surface area contributed by atoms with Crippen LogP contribution >= 0.6 is 0 Å². The Morgan fingerprint density at radius 1 is 1.50 bits per heavy atom. The third kappa shape index (κ3) is 4.63. The van der Waals surface area contributed by atoms with Crippen LogP contribution in [0.1, 0.15) is 20.8 Å². The first kappa shape index (κ1) is 13.5. The zero-order valence-corrected chi connectivity index (χ0v) is 9.92. The van der Waals surface area contributed by atoms with Crippen LogP contribution in [0.15, 0.2) is 12.8 Å². The maximum Gasteiger partial charge on any atom is 0.0639 e. The molecule has 0 fully saturated rings. The largest absolute Gasteiger partial charge is 0.380 e. The van der Waals surface area contributed by atoms with Gasteiger partial charge >= 0.3 is 0 Å². The number of hydrogen-bond acceptors (Lipinski definition) is 3. The fourth-order valence-corrected chi connectivity index (χ4v) is 1.33. The van der Waals surface area contributed by atoms with Crippen molar-refractivity contribution in [3.05, 3.63) is 12.8 Å². The first-order valence-electron chi connectivity index (χ1n) is 5.32. The van der Waals surface area contributed by atoms with Crippen molar-refractivity contribution in [1.29, 1.82) is 0 Å². The number of ether oxygens (including phenoxy) is 1. The van der Waals surface area contributed by atoms with Gasteiger partial charge in [0.2, 0.25) is 0 Å². The molecule has 3 nitrogen and oxygen atoms in total. The van der Waals surface area contributed by atoms with Gasteiger partial charge in [-0.3, -0.25) is 0 Å². The number of nitrogens with one attached hydrogen (secondary N) is 1. The van der Waals surface area contributed by atoms with Crippen LogP contribution in [0.4, 0.5) is 0 Å². The van der Waals surface area contributed by atoms with Crippen molar-refractivity contribution < 1.29 is 4.74 Å². The van der Waals surface area contributed by atoms with Crippen LogP contribution in [0.5, 0.6) is 0 Å². The lowest BCUT2D eigenvalue weighted by molar-refractivity contribution is 0.0979. The number of likely N-dealkylation sites (N-methyl/N-ethyl adjacent to an activating group) is 2. The van der Waals surface area contributed by atoms with Crippen LogP contribution in [0.25, 0.3) is 0 Å². The van der Waals surface area contributed by atoms with Crippen molar-refractivity contribution in [2.45, 2.75) is 32.9 Å². The molecule has 0 aliphatic carbocycles. The Kier molecular flexibility index (Phi) is 7.52. The molecule has 0 bridgehead atoms. The van der Waals surface area contributed by atoms with E-state index in [2.05, 4.69) is 30.6 Å². The van der Waals surface area contributed by atoms with E-state index in [4.69, 9.17) is 4.74 Å². The Bertz CT molecular complexity index is 150. The maximum atomic E-state index is 5.44. The van der Waals surface area contributed by atoms with Crippen LogP contribution in [0.3, 0.4) is 0 Å². The fraction of sp³-hybridized carbons (Fsp3) is 0.818. The van der Waals surface area contributed by atoms with Gasteiger partial charge in [0.25, 0.3) is 0 Å². The smallest absolute Gasteiger partial charge is 0.0639 e. The predicted molar refractivity (Wildman–Crippen MR) is 61.4 cm³/mol. The molecule has 0 rings (SSSR count). The molecule has 0 amide bonds. The fourth-order valence-electron chi connectivity index (χ4n) is 1.33. The molecule has 0 aliphatic heterocycles. The van der Waals surface area contributed by atoms with E-state index in [1.165, 1.54) is 0 Å². The van der Waals surface area contributed by atoms with Crippen molar-refractivity contribution >= 4 is 0 Å². The van der Waals surface area contributed by atoms with E-state index in [1.807, 2.05) is 20.2 Å². The summed E-state index contributed by atoms with van der Waals surface area (Å²) in [5.74, 6) is 0. The molecule has 0 saturated carbocycles. The lowest BCUT2D eigenvalue weighted by atomic mass is 10.1. The molecule has 0 saturated heterocycles. The van der Waals surface area contributed by atoms with Gasteiger partial charge in [0.15, 0.2) is 0 Å². The topological polar surface area (TPSA) is 24.5 Å². The summed E-state index contributed by atoms with van der Waals surface area (Å²) in [6, 6.07) is 0.766. The van der Waals surface area contributed by atoms with E-state index in [0.717, 1.165) is 19.8 Å². The minimum absolute atomic E-state index is 0.364. The average molecular weight is 200 g/mol. The Morgan fingerprint density at radius 3 is 2.57 bits per heavy atom. The minimum Gasteiger partial charge on any atom is -0.380 e. The summed E-state index contributed by atoms with van der Waals surface area (Å²) in [7, 11) is 2.04. The summed E-state index contributed by atoms with van der Waals surface area (Å²) in [5.41, 5.74) is 0. The molecule has 0 radical (unpaired) electrons. The molecule has 3 heteroatoms. The SMILES string of the molecule is C=CN(C)[C@@H](C)[C@@H](COCC)NCC. The summed E-state index contributed by atoms with van der Waals surface area (Å²) < 4.78 is 5.44. The predicted octanol–water partition coefficient (Wildman–Crippen LogP) is 1.46. The zero-order valence-electron chi connectivity index (χ0n) is 9.92. The molecule has 84 valence electrons. The highest BCUT2D eigenvalue weighted by molar-refractivity contribution is 4.83. The Morgan fingerprint density at radius 2 is 2.14 bits per heavy atom. The molecule has 0 heterocycles. The van der Waals surface area contributed by atoms with Crippen molar-refractivity contribution in [1.82, 2.24) is 10.2 Å². The molecule has 0 aromatic carbocycles. The number of nitrogens with zero attached hydrogens (tertiary/aromatic N) is 1. The lowest BCUT2D eigenvalue weighted by Crippen LogP contribution is -2.48. The first-order chi connectivity index (χ1) is 6.67. The standard InChI is InChI=1S/C11H24N2O/c1-6-12-11(9-14-8-3)10(4)13(5)7-2/h7,10-12H,2,6,8-9H2,1,3-5H3/t10-,11+/m0/s1. The second-order valence-corrected chi connectivity index (χ2v) is 3.41. The molecule has 0 aliphatic rings. The van der Waals surface area contributed by atoms with Gasteiger partial charge in [-0.2, -0.15) is 0 Å². The first-order valence-corrected chi connectivity index (χ1v) is 5.32. The summed E-state index contributed by atoms with van der Waals surface area (Å²) in [4.78, 5) is 2.10. The van der Waals surface area contributed by atoms with Crippen molar-refractivity contribution in [2.75, 3.05) is 26.8 Å². The summed E-state index contributed by atoms with van der Waals surface area (Å²) >= 11 is 0. The summed E-state index contributed by atoms with van der Waals surface area (Å²) in [5, 5.41) is 3.42. The second-order valence-electron chi connectivity index (χ2n) is 3.41. The van der Waals surface area contributed by atoms with Crippen molar-refractivity contribution in [3.8, 4) is 0 Å². The molecule has 1 N–H and O–H groups in total. The Labute approximate surface area is 88.1 Å². The van der Waals surface area contributed by atoms with Gasteiger partial charge in [-0.05, 0) is 26.6 Å². The quantitative estimate of drug-likeness (QED) is 0.642. The van der Waals surface area contributed by atoms with Crippen LogP contribution < -0.4 is 5.32 Å². The van der Waals surface area contributed by atoms with Crippen LogP contribution in [0, 0.1) is 0 Å². The average Bonchev–Trinajstić information content (AvgIpc) is 2.22. The molecule has 0 unspecified atom stereocenters. The summed E-state index contributed by atoms with van der Waals surface area (Å²) in [6.07, 6.45) is 1.85. The third-order valence-electron chi connectivity index (χ3n) is 2.48. The van der Waals surface area contributed by atoms with E-state index in [-0.39, 0.29) is 0 Å². The van der Waals surface area contributed by atoms with E-state index in [0.29, 0.717) is 12.1 Å². The van der Waals surface area contributed by atoms with Gasteiger partial charge in [-0.25, -0.2) is 0 Å². The molecule has 14 heavy (non-hydrogen) atoms. The lowest BCUT2D eigenvalue weighted by Gasteiger charge is -2.31. The highest BCUT2D eigenvalue weighted by Crippen LogP contribution is 2.03. The van der Waals surface area contributed by atoms with Crippen LogP contribution in [0.2, 0.25) is 0 Å². The second kappa shape index (κ2) is 7.83. The van der Waals surface area contributed by atoms with Gasteiger partial charge in [0.05, 0.1) is 12.6 Å². The van der Waals surface area contributed by atoms with Gasteiger partial charge in [-0.1, -0.05) is 13.5 Å². The molecular weight excluding hydrogens is 176 g/mol. The van der Waals surface area contributed by atoms with Gasteiger partial charge in [0, 0.05) is 19.7 Å². The number of rotatable bonds is 8. The van der Waals surface area contributed by atoms with E-state index in [1.54, 1.807) is 0 Å². The van der Waals surface area contributed by atoms with E-state index in [9.17, 15) is 0 Å². The van der Waals surface area contributed by atoms with Gasteiger partial charge < -0.3 is 15.0 Å². The monoisotopic (exact) mass is 200 g/mol. The zero-order chi connectivity index (χ0) is 11.0. The van der Waals surface area contributed by atoms with Crippen molar-refractivity contribution in [2.24, 2.45) is 0 Å². The molecule has 0 aromatic rings. The van der Waals surface area contributed by atoms with Crippen LogP contribution in [-0.2, 0) is 4.74 Å². The molecule has 2 atom stereocenters. The van der Waals surface area contributed by atoms with E-state index < -0.39 is 0 Å². The summed E-state index contributed by atoms with van der Waals surface area (Å²) in [6.45, 7) is 12.6. The molecule has 0 aromatic heterocycles. The van der Waals surface area contributed by atoms with Gasteiger partial charge in [0.1, 0.15) is 0 Å². The van der Waals surface area contributed by atoms with E-state index >= 15 is 0 Å². The minimum atomic E-state index is 0.364. The number of hydrogen-bond donors (Lipinski definition) is 1. The highest BCUT2D eigenvalue weighted by Gasteiger charge is 2.18. The van der Waals surface area contributed by atoms with Gasteiger partial charge in [-0.15, -0.1) is 0 Å². The third-order valence-corrected chi connectivity index (χ3v) is 2.48. The molecular formula is C11H24N2O. The van der Waals surface area contributed by atoms with Crippen LogP contribution in [-0.4, -0.2) is 43.8 Å². The Hall–Kier alpha value is -0.540. The normalized spacial score (nSPS) is 14.9.